The molecule has 0 spiro atoms. The third kappa shape index (κ3) is 4.12. The summed E-state index contributed by atoms with van der Waals surface area (Å²) in [4.78, 5) is 27.9. The molecule has 27 heavy (non-hydrogen) atoms. The number of hydrogen-bond acceptors (Lipinski definition) is 3. The van der Waals surface area contributed by atoms with Gasteiger partial charge in [0, 0.05) is 30.5 Å². The van der Waals surface area contributed by atoms with E-state index in [4.69, 9.17) is 0 Å². The zero-order valence-corrected chi connectivity index (χ0v) is 16.1. The minimum atomic E-state index is -0.844. The van der Waals surface area contributed by atoms with Crippen LogP contribution < -0.4 is 15.5 Å². The largest absolute Gasteiger partial charge is 0.372 e. The third-order valence-electron chi connectivity index (χ3n) is 6.41. The van der Waals surface area contributed by atoms with Crippen LogP contribution in [0.2, 0.25) is 0 Å². The molecular formula is C22H31N3O2. The van der Waals surface area contributed by atoms with Crippen molar-refractivity contribution in [1.82, 2.24) is 5.32 Å². The van der Waals surface area contributed by atoms with Crippen molar-refractivity contribution in [3.05, 3.63) is 24.3 Å². The van der Waals surface area contributed by atoms with Gasteiger partial charge in [-0.1, -0.05) is 19.3 Å². The second-order valence-corrected chi connectivity index (χ2v) is 8.44. The van der Waals surface area contributed by atoms with E-state index >= 15 is 0 Å². The number of nitrogens with one attached hydrogen (secondary N) is 2. The van der Waals surface area contributed by atoms with Crippen molar-refractivity contribution in [3.8, 4) is 0 Å². The highest BCUT2D eigenvalue weighted by atomic mass is 16.2. The standard InChI is InChI=1S/C22H31N3O2/c26-20(23-17-7-3-1-4-8-17)22(13-14-22)21(27)24-18-9-11-19(12-10-18)25-15-5-2-6-16-25/h9-12,17H,1-8,13-16H2,(H,23,26)(H,24,27). The average molecular weight is 370 g/mol. The molecule has 3 fully saturated rings. The molecule has 0 bridgehead atoms. The molecule has 1 heterocycles. The summed E-state index contributed by atoms with van der Waals surface area (Å²) in [6.45, 7) is 2.21. The second-order valence-electron chi connectivity index (χ2n) is 8.44. The summed E-state index contributed by atoms with van der Waals surface area (Å²) in [5, 5.41) is 6.11. The van der Waals surface area contributed by atoms with E-state index in [1.54, 1.807) is 0 Å². The molecule has 1 aromatic carbocycles. The van der Waals surface area contributed by atoms with Crippen LogP contribution in [0.5, 0.6) is 0 Å². The summed E-state index contributed by atoms with van der Waals surface area (Å²) in [5.74, 6) is -0.224. The molecule has 3 aliphatic rings. The Balaban J connectivity index is 1.34. The van der Waals surface area contributed by atoms with Gasteiger partial charge in [-0.15, -0.1) is 0 Å². The van der Waals surface area contributed by atoms with Gasteiger partial charge >= 0.3 is 0 Å². The molecule has 1 aliphatic heterocycles. The number of anilines is 2. The first-order valence-electron chi connectivity index (χ1n) is 10.6. The van der Waals surface area contributed by atoms with E-state index < -0.39 is 5.41 Å². The van der Waals surface area contributed by atoms with Crippen molar-refractivity contribution in [2.45, 2.75) is 70.3 Å². The first-order valence-corrected chi connectivity index (χ1v) is 10.6. The third-order valence-corrected chi connectivity index (χ3v) is 6.41. The lowest BCUT2D eigenvalue weighted by atomic mass is 9.94. The lowest BCUT2D eigenvalue weighted by Gasteiger charge is -2.29. The van der Waals surface area contributed by atoms with Crippen molar-refractivity contribution >= 4 is 23.2 Å². The van der Waals surface area contributed by atoms with Gasteiger partial charge in [0.2, 0.25) is 11.8 Å². The Morgan fingerprint density at radius 2 is 1.48 bits per heavy atom. The highest BCUT2D eigenvalue weighted by molar-refractivity contribution is 6.13. The van der Waals surface area contributed by atoms with Crippen LogP contribution in [0.15, 0.2) is 24.3 Å². The minimum absolute atomic E-state index is 0.0724. The van der Waals surface area contributed by atoms with Crippen molar-refractivity contribution in [1.29, 1.82) is 0 Å². The molecule has 4 rings (SSSR count). The lowest BCUT2D eigenvalue weighted by molar-refractivity contribution is -0.135. The number of carbonyl (C=O) groups is 2. The van der Waals surface area contributed by atoms with Gasteiger partial charge < -0.3 is 15.5 Å². The average Bonchev–Trinajstić information content (AvgIpc) is 3.52. The maximum atomic E-state index is 12.8. The fraction of sp³-hybridized carbons (Fsp3) is 0.636. The Bertz CT molecular complexity index is 669. The van der Waals surface area contributed by atoms with Crippen LogP contribution in [0.3, 0.4) is 0 Å². The minimum Gasteiger partial charge on any atom is -0.372 e. The van der Waals surface area contributed by atoms with Crippen LogP contribution in [-0.2, 0) is 9.59 Å². The number of carbonyl (C=O) groups excluding carboxylic acids is 2. The van der Waals surface area contributed by atoms with E-state index in [0.717, 1.165) is 31.6 Å². The van der Waals surface area contributed by atoms with Gasteiger partial charge in [0.25, 0.3) is 0 Å². The fourth-order valence-electron chi connectivity index (χ4n) is 4.41. The smallest absolute Gasteiger partial charge is 0.240 e. The van der Waals surface area contributed by atoms with Gasteiger partial charge in [0.05, 0.1) is 0 Å². The van der Waals surface area contributed by atoms with Gasteiger partial charge in [-0.3, -0.25) is 9.59 Å². The molecule has 2 amide bonds. The molecule has 1 saturated heterocycles. The summed E-state index contributed by atoms with van der Waals surface area (Å²) in [7, 11) is 0. The summed E-state index contributed by atoms with van der Waals surface area (Å²) < 4.78 is 0. The maximum Gasteiger partial charge on any atom is 0.240 e. The first kappa shape index (κ1) is 18.3. The van der Waals surface area contributed by atoms with Crippen LogP contribution in [-0.4, -0.2) is 30.9 Å². The van der Waals surface area contributed by atoms with Crippen molar-refractivity contribution < 1.29 is 9.59 Å². The Kier molecular flexibility index (Phi) is 5.37. The quantitative estimate of drug-likeness (QED) is 0.775. The van der Waals surface area contributed by atoms with E-state index in [-0.39, 0.29) is 17.9 Å². The van der Waals surface area contributed by atoms with Crippen LogP contribution in [0.25, 0.3) is 0 Å². The summed E-state index contributed by atoms with van der Waals surface area (Å²) >= 11 is 0. The van der Waals surface area contributed by atoms with Crippen molar-refractivity contribution in [2.75, 3.05) is 23.3 Å². The zero-order valence-electron chi connectivity index (χ0n) is 16.1. The predicted octanol–water partition coefficient (Wildman–Crippen LogP) is 3.84. The van der Waals surface area contributed by atoms with Crippen LogP contribution in [0.1, 0.15) is 64.2 Å². The summed E-state index contributed by atoms with van der Waals surface area (Å²) in [6.07, 6.45) is 10.8. The molecule has 5 nitrogen and oxygen atoms in total. The molecule has 0 atom stereocenters. The van der Waals surface area contributed by atoms with Gasteiger partial charge in [0.15, 0.2) is 0 Å². The Morgan fingerprint density at radius 1 is 0.852 bits per heavy atom. The highest BCUT2D eigenvalue weighted by Gasteiger charge is 2.56. The molecule has 0 unspecified atom stereocenters. The monoisotopic (exact) mass is 369 g/mol. The summed E-state index contributed by atoms with van der Waals surface area (Å²) in [5.41, 5.74) is 1.14. The molecule has 5 heteroatoms. The van der Waals surface area contributed by atoms with Gasteiger partial charge in [0.1, 0.15) is 5.41 Å². The number of piperidine rings is 1. The van der Waals surface area contributed by atoms with E-state index in [9.17, 15) is 9.59 Å². The maximum absolute atomic E-state index is 12.8. The van der Waals surface area contributed by atoms with Gasteiger partial charge in [-0.25, -0.2) is 0 Å². The molecule has 2 saturated carbocycles. The number of rotatable bonds is 5. The molecule has 1 aromatic rings. The fourth-order valence-corrected chi connectivity index (χ4v) is 4.41. The zero-order chi connectivity index (χ0) is 18.7. The molecule has 146 valence electrons. The molecule has 2 N–H and O–H groups in total. The van der Waals surface area contributed by atoms with E-state index in [0.29, 0.717) is 12.8 Å². The first-order chi connectivity index (χ1) is 13.2. The molecular weight excluding hydrogens is 338 g/mol. The SMILES string of the molecule is O=C(Nc1ccc(N2CCCCC2)cc1)C1(C(=O)NC2CCCCC2)CC1. The van der Waals surface area contributed by atoms with E-state index in [1.807, 2.05) is 12.1 Å². The topological polar surface area (TPSA) is 61.4 Å². The summed E-state index contributed by atoms with van der Waals surface area (Å²) in [6, 6.07) is 8.31. The van der Waals surface area contributed by atoms with Crippen molar-refractivity contribution in [3.63, 3.8) is 0 Å². The second kappa shape index (κ2) is 7.91. The van der Waals surface area contributed by atoms with Gasteiger partial charge in [-0.2, -0.15) is 0 Å². The molecule has 0 radical (unpaired) electrons. The molecule has 0 aromatic heterocycles. The van der Waals surface area contributed by atoms with Crippen molar-refractivity contribution in [2.24, 2.45) is 5.41 Å². The van der Waals surface area contributed by atoms with Crippen LogP contribution in [0.4, 0.5) is 11.4 Å². The number of benzene rings is 1. The van der Waals surface area contributed by atoms with Crippen LogP contribution in [0, 0.1) is 5.41 Å². The number of hydrogen-bond donors (Lipinski definition) is 2. The van der Waals surface area contributed by atoms with Gasteiger partial charge in [-0.05, 0) is 69.2 Å². The van der Waals surface area contributed by atoms with Crippen LogP contribution >= 0.6 is 0 Å². The molecule has 2 aliphatic carbocycles. The Hall–Kier alpha value is -2.04. The number of amides is 2. The highest BCUT2D eigenvalue weighted by Crippen LogP contribution is 2.47. The van der Waals surface area contributed by atoms with E-state index in [1.165, 1.54) is 44.2 Å². The number of nitrogens with zero attached hydrogens (tertiary/aromatic N) is 1. The Morgan fingerprint density at radius 3 is 2.11 bits per heavy atom. The Labute approximate surface area is 161 Å². The predicted molar refractivity (Wildman–Crippen MR) is 108 cm³/mol. The lowest BCUT2D eigenvalue weighted by Crippen LogP contribution is -2.45. The van der Waals surface area contributed by atoms with E-state index in [2.05, 4.69) is 27.7 Å². The normalized spacial score (nSPS) is 22.1.